The molecule has 0 aliphatic heterocycles. The topological polar surface area (TPSA) is 29.1 Å². The molecule has 0 bridgehead atoms. The number of nitrogens with one attached hydrogen (secondary N) is 1. The van der Waals surface area contributed by atoms with E-state index in [4.69, 9.17) is 0 Å². The predicted octanol–water partition coefficient (Wildman–Crippen LogP) is 4.73. The fourth-order valence-electron chi connectivity index (χ4n) is 2.48. The number of aryl methyl sites for hydroxylation is 3. The number of benzene rings is 2. The van der Waals surface area contributed by atoms with Crippen LogP contribution in [0.1, 0.15) is 32.6 Å². The zero-order valence-corrected chi connectivity index (χ0v) is 13.8. The van der Waals surface area contributed by atoms with E-state index >= 15 is 0 Å². The molecule has 0 radical (unpaired) electrons. The van der Waals surface area contributed by atoms with Crippen molar-refractivity contribution in [3.63, 3.8) is 0 Å². The van der Waals surface area contributed by atoms with Crippen molar-refractivity contribution in [3.05, 3.63) is 64.2 Å². The van der Waals surface area contributed by atoms with E-state index in [0.29, 0.717) is 5.56 Å². The Hall–Kier alpha value is -1.74. The first-order valence-corrected chi connectivity index (χ1v) is 8.37. The summed E-state index contributed by atoms with van der Waals surface area (Å²) in [6.07, 6.45) is 2.07. The number of carbonyl (C=O) groups is 1. The van der Waals surface area contributed by atoms with Gasteiger partial charge in [-0.05, 0) is 55.9 Å². The van der Waals surface area contributed by atoms with Crippen LogP contribution in [0.3, 0.4) is 0 Å². The van der Waals surface area contributed by atoms with Gasteiger partial charge >= 0.3 is 0 Å². The molecular formula is C18H21NOS. The number of amides is 1. The summed E-state index contributed by atoms with van der Waals surface area (Å²) in [5.74, 6) is 0.915. The zero-order valence-electron chi connectivity index (χ0n) is 13.0. The average molecular weight is 299 g/mol. The van der Waals surface area contributed by atoms with E-state index in [-0.39, 0.29) is 5.91 Å². The van der Waals surface area contributed by atoms with Crippen molar-refractivity contribution < 1.29 is 4.79 Å². The first-order chi connectivity index (χ1) is 10.0. The van der Waals surface area contributed by atoms with Gasteiger partial charge in [0.1, 0.15) is 0 Å². The largest absolute Gasteiger partial charge is 0.322 e. The van der Waals surface area contributed by atoms with Crippen LogP contribution in [0, 0.1) is 20.8 Å². The van der Waals surface area contributed by atoms with Gasteiger partial charge in [0.2, 0.25) is 0 Å². The quantitative estimate of drug-likeness (QED) is 0.884. The molecule has 2 aromatic rings. The molecule has 0 atom stereocenters. The third kappa shape index (κ3) is 3.88. The van der Waals surface area contributed by atoms with Gasteiger partial charge in [-0.15, -0.1) is 0 Å². The Balaban J connectivity index is 2.18. The van der Waals surface area contributed by atoms with Crippen molar-refractivity contribution in [1.82, 2.24) is 0 Å². The monoisotopic (exact) mass is 299 g/mol. The Morgan fingerprint density at radius 3 is 2.14 bits per heavy atom. The van der Waals surface area contributed by atoms with Crippen LogP contribution in [0.2, 0.25) is 0 Å². The van der Waals surface area contributed by atoms with Gasteiger partial charge in [-0.25, -0.2) is 0 Å². The average Bonchev–Trinajstić information content (AvgIpc) is 2.43. The number of carbonyl (C=O) groups excluding carboxylic acids is 1. The van der Waals surface area contributed by atoms with E-state index in [0.717, 1.165) is 22.6 Å². The summed E-state index contributed by atoms with van der Waals surface area (Å²) in [5.41, 5.74) is 6.25. The maximum Gasteiger partial charge on any atom is 0.255 e. The molecule has 21 heavy (non-hydrogen) atoms. The molecule has 0 aliphatic carbocycles. The van der Waals surface area contributed by atoms with E-state index in [1.807, 2.05) is 38.1 Å². The standard InChI is InChI=1S/C18H21NOS/c1-12-9-13(2)17(14(3)10-12)19-18(20)16-7-5-15(6-8-16)11-21-4/h5-10H,11H2,1-4H3,(H,19,20). The van der Waals surface area contributed by atoms with Crippen LogP contribution < -0.4 is 5.32 Å². The van der Waals surface area contributed by atoms with Crippen molar-refractivity contribution in [2.45, 2.75) is 26.5 Å². The van der Waals surface area contributed by atoms with Gasteiger partial charge in [0.25, 0.3) is 5.91 Å². The Morgan fingerprint density at radius 1 is 1.05 bits per heavy atom. The Bertz CT molecular complexity index is 624. The molecule has 0 saturated carbocycles. The van der Waals surface area contributed by atoms with Gasteiger partial charge in [-0.2, -0.15) is 11.8 Å². The highest BCUT2D eigenvalue weighted by atomic mass is 32.2. The van der Waals surface area contributed by atoms with Crippen LogP contribution in [-0.4, -0.2) is 12.2 Å². The summed E-state index contributed by atoms with van der Waals surface area (Å²) in [7, 11) is 0. The molecule has 0 aliphatic rings. The van der Waals surface area contributed by atoms with Gasteiger partial charge in [-0.1, -0.05) is 29.8 Å². The number of thioether (sulfide) groups is 1. The number of rotatable bonds is 4. The summed E-state index contributed by atoms with van der Waals surface area (Å²) in [6, 6.07) is 12.0. The second-order valence-corrected chi connectivity index (χ2v) is 6.22. The Labute approximate surface area is 131 Å². The molecule has 0 spiro atoms. The van der Waals surface area contributed by atoms with Crippen LogP contribution >= 0.6 is 11.8 Å². The lowest BCUT2D eigenvalue weighted by Gasteiger charge is -2.13. The van der Waals surface area contributed by atoms with Gasteiger partial charge in [0.05, 0.1) is 0 Å². The molecule has 0 heterocycles. The molecule has 3 heteroatoms. The lowest BCUT2D eigenvalue weighted by molar-refractivity contribution is 0.102. The van der Waals surface area contributed by atoms with Crippen molar-refractivity contribution in [1.29, 1.82) is 0 Å². The highest BCUT2D eigenvalue weighted by Gasteiger charge is 2.10. The minimum absolute atomic E-state index is 0.0549. The second-order valence-electron chi connectivity index (χ2n) is 5.36. The SMILES string of the molecule is CSCc1ccc(C(=O)Nc2c(C)cc(C)cc2C)cc1. The fourth-order valence-corrected chi connectivity index (χ4v) is 3.01. The molecule has 2 rings (SSSR count). The van der Waals surface area contributed by atoms with E-state index in [2.05, 4.69) is 30.6 Å². The van der Waals surface area contributed by atoms with Crippen LogP contribution in [0.4, 0.5) is 5.69 Å². The van der Waals surface area contributed by atoms with Crippen LogP contribution in [0.5, 0.6) is 0 Å². The molecule has 2 nitrogen and oxygen atoms in total. The van der Waals surface area contributed by atoms with Crippen LogP contribution in [0.15, 0.2) is 36.4 Å². The van der Waals surface area contributed by atoms with Crippen molar-refractivity contribution in [3.8, 4) is 0 Å². The maximum atomic E-state index is 12.4. The van der Waals surface area contributed by atoms with Crippen molar-refractivity contribution >= 4 is 23.4 Å². The summed E-state index contributed by atoms with van der Waals surface area (Å²) < 4.78 is 0. The fraction of sp³-hybridized carbons (Fsp3) is 0.278. The van der Waals surface area contributed by atoms with E-state index in [1.165, 1.54) is 11.1 Å². The number of anilines is 1. The van der Waals surface area contributed by atoms with E-state index < -0.39 is 0 Å². The molecule has 1 N–H and O–H groups in total. The number of hydrogen-bond donors (Lipinski definition) is 1. The minimum atomic E-state index is -0.0549. The molecule has 2 aromatic carbocycles. The van der Waals surface area contributed by atoms with E-state index in [9.17, 15) is 4.79 Å². The lowest BCUT2D eigenvalue weighted by Crippen LogP contribution is -2.14. The molecule has 0 saturated heterocycles. The Morgan fingerprint density at radius 2 is 1.62 bits per heavy atom. The summed E-state index contributed by atoms with van der Waals surface area (Å²) in [4.78, 5) is 12.4. The van der Waals surface area contributed by atoms with Crippen LogP contribution in [0.25, 0.3) is 0 Å². The maximum absolute atomic E-state index is 12.4. The minimum Gasteiger partial charge on any atom is -0.322 e. The third-order valence-electron chi connectivity index (χ3n) is 3.44. The first kappa shape index (κ1) is 15.6. The molecule has 0 unspecified atom stereocenters. The third-order valence-corrected chi connectivity index (χ3v) is 4.06. The zero-order chi connectivity index (χ0) is 15.4. The Kier molecular flexibility index (Phi) is 5.07. The highest BCUT2D eigenvalue weighted by molar-refractivity contribution is 7.97. The summed E-state index contributed by atoms with van der Waals surface area (Å²) in [5, 5.41) is 3.03. The van der Waals surface area contributed by atoms with Crippen LogP contribution in [-0.2, 0) is 5.75 Å². The number of hydrogen-bond acceptors (Lipinski definition) is 2. The lowest BCUT2D eigenvalue weighted by atomic mass is 10.0. The van der Waals surface area contributed by atoms with Gasteiger partial charge < -0.3 is 5.32 Å². The smallest absolute Gasteiger partial charge is 0.255 e. The van der Waals surface area contributed by atoms with Gasteiger partial charge in [0.15, 0.2) is 0 Å². The van der Waals surface area contributed by atoms with Crippen molar-refractivity contribution in [2.75, 3.05) is 11.6 Å². The molecule has 1 amide bonds. The molecule has 0 aromatic heterocycles. The summed E-state index contributed by atoms with van der Waals surface area (Å²) in [6.45, 7) is 6.12. The highest BCUT2D eigenvalue weighted by Crippen LogP contribution is 2.22. The molecular weight excluding hydrogens is 278 g/mol. The van der Waals surface area contributed by atoms with Gasteiger partial charge in [-0.3, -0.25) is 4.79 Å². The van der Waals surface area contributed by atoms with Crippen molar-refractivity contribution in [2.24, 2.45) is 0 Å². The van der Waals surface area contributed by atoms with Gasteiger partial charge in [0, 0.05) is 17.0 Å². The second kappa shape index (κ2) is 6.81. The summed E-state index contributed by atoms with van der Waals surface area (Å²) >= 11 is 1.78. The predicted molar refractivity (Wildman–Crippen MR) is 92.3 cm³/mol. The molecule has 110 valence electrons. The van der Waals surface area contributed by atoms with E-state index in [1.54, 1.807) is 11.8 Å². The first-order valence-electron chi connectivity index (χ1n) is 6.98. The molecule has 0 fully saturated rings. The normalized spacial score (nSPS) is 10.5.